The monoisotopic (exact) mass is 562 g/mol. The van der Waals surface area contributed by atoms with E-state index in [1.807, 2.05) is 31.2 Å². The average Bonchev–Trinajstić information content (AvgIpc) is 3.26. The summed E-state index contributed by atoms with van der Waals surface area (Å²) < 4.78 is 31.6. The van der Waals surface area contributed by atoms with E-state index in [-0.39, 0.29) is 28.9 Å². The van der Waals surface area contributed by atoms with Crippen LogP contribution in [-0.4, -0.2) is 24.9 Å². The molecule has 0 bridgehead atoms. The Hall–Kier alpha value is -2.64. The lowest BCUT2D eigenvalue weighted by molar-refractivity contribution is -0.123. The lowest BCUT2D eigenvalue weighted by Crippen LogP contribution is -2.47. The highest BCUT2D eigenvalue weighted by Crippen LogP contribution is 2.26. The summed E-state index contributed by atoms with van der Waals surface area (Å²) in [6.45, 7) is 3.68. The van der Waals surface area contributed by atoms with Crippen LogP contribution in [0.1, 0.15) is 36.2 Å². The number of nitriles is 1. The SMILES string of the molecule is Cc1cccc(Cl)c1S(=O)(=O)NC(CC(C)n1cccc1C#N)C(=O)NCc1ccccc1Br. The van der Waals surface area contributed by atoms with E-state index in [4.69, 9.17) is 11.6 Å². The number of hydrogen-bond acceptors (Lipinski definition) is 4. The molecule has 1 heterocycles. The highest BCUT2D eigenvalue weighted by Gasteiger charge is 2.30. The molecule has 2 aromatic carbocycles. The Morgan fingerprint density at radius 2 is 1.91 bits per heavy atom. The molecule has 34 heavy (non-hydrogen) atoms. The summed E-state index contributed by atoms with van der Waals surface area (Å²) in [5.74, 6) is -0.485. The average molecular weight is 564 g/mol. The van der Waals surface area contributed by atoms with E-state index in [0.29, 0.717) is 11.3 Å². The zero-order valence-electron chi connectivity index (χ0n) is 18.6. The number of hydrogen-bond donors (Lipinski definition) is 2. The van der Waals surface area contributed by atoms with Crippen LogP contribution in [0.25, 0.3) is 0 Å². The van der Waals surface area contributed by atoms with Crippen molar-refractivity contribution in [3.8, 4) is 6.07 Å². The summed E-state index contributed by atoms with van der Waals surface area (Å²) in [6, 6.07) is 16.3. The predicted octanol–water partition coefficient (Wildman–Crippen LogP) is 4.70. The van der Waals surface area contributed by atoms with Gasteiger partial charge in [0.25, 0.3) is 0 Å². The number of sulfonamides is 1. The van der Waals surface area contributed by atoms with E-state index in [0.717, 1.165) is 10.0 Å². The predicted molar refractivity (Wildman–Crippen MR) is 135 cm³/mol. The summed E-state index contributed by atoms with van der Waals surface area (Å²) in [6.07, 6.45) is 1.85. The maximum absolute atomic E-state index is 13.3. The van der Waals surface area contributed by atoms with Crippen LogP contribution < -0.4 is 10.0 Å². The second-order valence-corrected chi connectivity index (χ2v) is 10.8. The first-order chi connectivity index (χ1) is 16.1. The van der Waals surface area contributed by atoms with Crippen LogP contribution >= 0.6 is 27.5 Å². The van der Waals surface area contributed by atoms with E-state index >= 15 is 0 Å². The molecule has 178 valence electrons. The quantitative estimate of drug-likeness (QED) is 0.394. The molecule has 2 unspecified atom stereocenters. The molecule has 2 N–H and O–H groups in total. The van der Waals surface area contributed by atoms with Crippen molar-refractivity contribution in [1.82, 2.24) is 14.6 Å². The first kappa shape index (κ1) is 26.0. The van der Waals surface area contributed by atoms with Gasteiger partial charge in [0.05, 0.1) is 5.02 Å². The standard InChI is InChI=1S/C24H24BrClN4O3S/c1-16-7-5-11-21(26)23(16)34(32,33)29-22(13-17(2)30-12-6-9-19(30)14-27)24(31)28-15-18-8-3-4-10-20(18)25/h3-12,17,22,29H,13,15H2,1-2H3,(H,28,31). The van der Waals surface area contributed by atoms with Gasteiger partial charge >= 0.3 is 0 Å². The molecule has 0 radical (unpaired) electrons. The Bertz CT molecular complexity index is 1310. The van der Waals surface area contributed by atoms with Crippen molar-refractivity contribution in [2.45, 2.75) is 43.8 Å². The van der Waals surface area contributed by atoms with Gasteiger partial charge in [-0.3, -0.25) is 4.79 Å². The molecular formula is C24H24BrClN4O3S. The Morgan fingerprint density at radius 3 is 2.59 bits per heavy atom. The highest BCUT2D eigenvalue weighted by molar-refractivity contribution is 9.10. The summed E-state index contributed by atoms with van der Waals surface area (Å²) >= 11 is 9.65. The second-order valence-electron chi connectivity index (χ2n) is 7.87. The number of carbonyl (C=O) groups is 1. The zero-order chi connectivity index (χ0) is 24.9. The summed E-state index contributed by atoms with van der Waals surface area (Å²) in [7, 11) is -4.11. The Morgan fingerprint density at radius 1 is 1.18 bits per heavy atom. The maximum atomic E-state index is 13.3. The molecular weight excluding hydrogens is 540 g/mol. The number of rotatable bonds is 9. The Balaban J connectivity index is 1.88. The molecule has 0 saturated carbocycles. The van der Waals surface area contributed by atoms with Crippen molar-refractivity contribution in [3.05, 3.63) is 87.1 Å². The minimum absolute atomic E-state index is 0.0633. The van der Waals surface area contributed by atoms with Crippen molar-refractivity contribution >= 4 is 43.5 Å². The lowest BCUT2D eigenvalue weighted by atomic mass is 10.1. The van der Waals surface area contributed by atoms with Crippen LogP contribution in [0.15, 0.2) is 70.2 Å². The molecule has 3 rings (SSSR count). The fraction of sp³-hybridized carbons (Fsp3) is 0.250. The van der Waals surface area contributed by atoms with Crippen LogP contribution in [-0.2, 0) is 21.4 Å². The van der Waals surface area contributed by atoms with Gasteiger partial charge in [0.1, 0.15) is 22.7 Å². The molecule has 0 aliphatic heterocycles. The molecule has 0 spiro atoms. The molecule has 3 aromatic rings. The number of benzene rings is 2. The molecule has 1 amide bonds. The summed E-state index contributed by atoms with van der Waals surface area (Å²) in [4.78, 5) is 13.1. The van der Waals surface area contributed by atoms with Gasteiger partial charge in [-0.1, -0.05) is 57.9 Å². The minimum Gasteiger partial charge on any atom is -0.351 e. The van der Waals surface area contributed by atoms with E-state index in [2.05, 4.69) is 32.0 Å². The molecule has 2 atom stereocenters. The van der Waals surface area contributed by atoms with Crippen LogP contribution in [0.4, 0.5) is 0 Å². The van der Waals surface area contributed by atoms with Crippen LogP contribution in [0.2, 0.25) is 5.02 Å². The number of nitrogens with zero attached hydrogens (tertiary/aromatic N) is 2. The number of aromatic nitrogens is 1. The third-order valence-electron chi connectivity index (χ3n) is 5.40. The van der Waals surface area contributed by atoms with Crippen molar-refractivity contribution in [2.24, 2.45) is 0 Å². The van der Waals surface area contributed by atoms with E-state index in [1.54, 1.807) is 42.0 Å². The topological polar surface area (TPSA) is 104 Å². The number of carbonyl (C=O) groups excluding carboxylic acids is 1. The van der Waals surface area contributed by atoms with Gasteiger partial charge in [0, 0.05) is 23.3 Å². The first-order valence-corrected chi connectivity index (χ1v) is 13.1. The largest absolute Gasteiger partial charge is 0.351 e. The van der Waals surface area contributed by atoms with Crippen molar-refractivity contribution in [2.75, 3.05) is 0 Å². The number of aryl methyl sites for hydroxylation is 1. The first-order valence-electron chi connectivity index (χ1n) is 10.5. The third kappa shape index (κ3) is 6.07. The minimum atomic E-state index is -4.11. The molecule has 0 aliphatic carbocycles. The molecule has 7 nitrogen and oxygen atoms in total. The van der Waals surface area contributed by atoms with Crippen LogP contribution in [0.3, 0.4) is 0 Å². The molecule has 0 fully saturated rings. The van der Waals surface area contributed by atoms with Crippen molar-refractivity contribution < 1.29 is 13.2 Å². The second kappa shape index (κ2) is 11.2. The maximum Gasteiger partial charge on any atom is 0.243 e. The van der Waals surface area contributed by atoms with Crippen molar-refractivity contribution in [1.29, 1.82) is 5.26 Å². The van der Waals surface area contributed by atoms with Gasteiger partial charge in [-0.15, -0.1) is 0 Å². The zero-order valence-corrected chi connectivity index (χ0v) is 21.8. The Kier molecular flexibility index (Phi) is 8.55. The smallest absolute Gasteiger partial charge is 0.243 e. The molecule has 0 saturated heterocycles. The Labute approximate surface area is 212 Å². The molecule has 0 aliphatic rings. The number of nitrogens with one attached hydrogen (secondary N) is 2. The lowest BCUT2D eigenvalue weighted by Gasteiger charge is -2.24. The molecule has 10 heteroatoms. The molecule has 1 aromatic heterocycles. The van der Waals surface area contributed by atoms with Crippen LogP contribution in [0, 0.1) is 18.3 Å². The van der Waals surface area contributed by atoms with Gasteiger partial charge in [-0.05, 0) is 55.7 Å². The summed E-state index contributed by atoms with van der Waals surface area (Å²) in [5.41, 5.74) is 1.74. The van der Waals surface area contributed by atoms with E-state index in [9.17, 15) is 18.5 Å². The van der Waals surface area contributed by atoms with Crippen molar-refractivity contribution in [3.63, 3.8) is 0 Å². The fourth-order valence-corrected chi connectivity index (χ4v) is 6.15. The fourth-order valence-electron chi connectivity index (χ4n) is 3.69. The van der Waals surface area contributed by atoms with Gasteiger partial charge in [-0.25, -0.2) is 8.42 Å². The normalized spacial score (nSPS) is 13.1. The van der Waals surface area contributed by atoms with Gasteiger partial charge in [-0.2, -0.15) is 9.98 Å². The van der Waals surface area contributed by atoms with Crippen LogP contribution in [0.5, 0.6) is 0 Å². The number of amides is 1. The summed E-state index contributed by atoms with van der Waals surface area (Å²) in [5, 5.41) is 12.2. The highest BCUT2D eigenvalue weighted by atomic mass is 79.9. The van der Waals surface area contributed by atoms with E-state index < -0.39 is 22.0 Å². The van der Waals surface area contributed by atoms with Gasteiger partial charge in [0.2, 0.25) is 15.9 Å². The van der Waals surface area contributed by atoms with E-state index in [1.165, 1.54) is 6.07 Å². The van der Waals surface area contributed by atoms with Gasteiger partial charge < -0.3 is 9.88 Å². The van der Waals surface area contributed by atoms with Gasteiger partial charge in [0.15, 0.2) is 0 Å². The number of halogens is 2. The third-order valence-corrected chi connectivity index (χ3v) is 8.28.